The predicted octanol–water partition coefficient (Wildman–Crippen LogP) is 0.726. The summed E-state index contributed by atoms with van der Waals surface area (Å²) >= 11 is 4.80. The summed E-state index contributed by atoms with van der Waals surface area (Å²) in [4.78, 5) is 9.05. The molecule has 2 heteroatoms. The summed E-state index contributed by atoms with van der Waals surface area (Å²) in [5, 5.41) is 0. The number of halogens is 1. The van der Waals surface area contributed by atoms with Gasteiger partial charge in [-0.3, -0.25) is 0 Å². The first-order valence-corrected chi connectivity index (χ1v) is 1.40. The van der Waals surface area contributed by atoms with Crippen LogP contribution in [-0.4, -0.2) is 5.94 Å². The highest BCUT2D eigenvalue weighted by molar-refractivity contribution is 6.25. The minimum absolute atomic E-state index is 0.979. The van der Waals surface area contributed by atoms with Gasteiger partial charge in [-0.1, -0.05) is 11.6 Å². The largest absolute Gasteiger partial charge is 0.224 e. The van der Waals surface area contributed by atoms with Crippen LogP contribution in [0, 0.1) is 0 Å². The first-order valence-electron chi connectivity index (χ1n) is 0.961. The van der Waals surface area contributed by atoms with Gasteiger partial charge in [0.05, 0.1) is 5.54 Å². The summed E-state index contributed by atoms with van der Waals surface area (Å²) in [5.41, 5.74) is 2.93. The summed E-state index contributed by atoms with van der Waals surface area (Å²) in [6.45, 7) is 0. The average molecular weight is 88.5 g/mol. The lowest BCUT2D eigenvalue weighted by molar-refractivity contribution is 0.569. The van der Waals surface area contributed by atoms with E-state index in [-0.39, 0.29) is 0 Å². The molecule has 0 atom stereocenters. The van der Waals surface area contributed by atoms with E-state index in [2.05, 4.69) is 0 Å². The van der Waals surface area contributed by atoms with Crippen LogP contribution < -0.4 is 0 Å². The Kier molecular flexibility index (Phi) is 3.18. The van der Waals surface area contributed by atoms with Gasteiger partial charge in [-0.05, 0) is 5.73 Å². The Hall–Kier alpha value is -0.480. The minimum atomic E-state index is 0.979. The first-order chi connectivity index (χ1) is 2.41. The van der Waals surface area contributed by atoms with Gasteiger partial charge in [0, 0.05) is 0 Å². The van der Waals surface area contributed by atoms with Gasteiger partial charge in [0.2, 0.25) is 0 Å². The van der Waals surface area contributed by atoms with Crippen LogP contribution in [0.1, 0.15) is 0 Å². The molecule has 0 N–H and O–H groups in total. The number of hydrogen-bond acceptors (Lipinski definition) is 1. The normalized spacial score (nSPS) is 4.20. The molecule has 0 fully saturated rings. The van der Waals surface area contributed by atoms with Crippen molar-refractivity contribution in [2.75, 3.05) is 0 Å². The molecule has 0 bridgehead atoms. The van der Waals surface area contributed by atoms with Crippen LogP contribution in [0.2, 0.25) is 0 Å². The van der Waals surface area contributed by atoms with E-state index in [0.717, 1.165) is 5.54 Å². The van der Waals surface area contributed by atoms with Crippen LogP contribution >= 0.6 is 11.6 Å². The van der Waals surface area contributed by atoms with Gasteiger partial charge in [0.1, 0.15) is 0 Å². The average Bonchev–Trinajstić information content (AvgIpc) is 1.41. The van der Waals surface area contributed by atoms with E-state index in [1.807, 2.05) is 5.73 Å². The third kappa shape index (κ3) is 3.52. The Labute approximate surface area is 34.6 Å². The molecule has 0 saturated heterocycles. The van der Waals surface area contributed by atoms with Crippen molar-refractivity contribution < 1.29 is 4.79 Å². The lowest BCUT2D eigenvalue weighted by Gasteiger charge is -1.33. The van der Waals surface area contributed by atoms with Crippen LogP contribution in [0.25, 0.3) is 0 Å². The molecule has 0 aromatic carbocycles. The molecule has 1 nitrogen and oxygen atoms in total. The Morgan fingerprint density at radius 1 is 1.80 bits per heavy atom. The first kappa shape index (κ1) is 4.52. The fraction of sp³-hybridized carbons (Fsp3) is 0. The Morgan fingerprint density at radius 2 is 2.40 bits per heavy atom. The molecule has 0 aliphatic heterocycles. The second-order valence-corrected chi connectivity index (χ2v) is 0.574. The van der Waals surface area contributed by atoms with Crippen LogP contribution in [0.3, 0.4) is 0 Å². The zero-order chi connectivity index (χ0) is 4.12. The minimum Gasteiger partial charge on any atom is -0.224 e. The SMILES string of the molecule is O=C=C=CCl. The van der Waals surface area contributed by atoms with Gasteiger partial charge >= 0.3 is 0 Å². The van der Waals surface area contributed by atoms with Crippen molar-refractivity contribution in [2.24, 2.45) is 0 Å². The summed E-state index contributed by atoms with van der Waals surface area (Å²) in [5.74, 6) is 1.33. The smallest absolute Gasteiger partial charge is 0.177 e. The Morgan fingerprint density at radius 3 is 2.40 bits per heavy atom. The number of carbonyl (C=O) groups excluding carboxylic acids is 1. The zero-order valence-electron chi connectivity index (χ0n) is 2.36. The third-order valence-electron chi connectivity index (χ3n) is 0.113. The van der Waals surface area contributed by atoms with E-state index in [0.29, 0.717) is 0 Å². The summed E-state index contributed by atoms with van der Waals surface area (Å²) < 4.78 is 0. The molecule has 0 aromatic heterocycles. The molecule has 0 aliphatic carbocycles. The predicted molar refractivity (Wildman–Crippen MR) is 19.6 cm³/mol. The van der Waals surface area contributed by atoms with Crippen LogP contribution in [0.4, 0.5) is 0 Å². The molecule has 0 rings (SSSR count). The fourth-order valence-corrected chi connectivity index (χ4v) is 0.0668. The highest BCUT2D eigenvalue weighted by Gasteiger charge is 1.37. The molecule has 0 saturated carbocycles. The van der Waals surface area contributed by atoms with Crippen molar-refractivity contribution >= 4 is 17.5 Å². The number of rotatable bonds is 0. The Balaban J connectivity index is 3.75. The van der Waals surface area contributed by atoms with Crippen molar-refractivity contribution in [1.29, 1.82) is 0 Å². The third-order valence-corrected chi connectivity index (χ3v) is 0.223. The van der Waals surface area contributed by atoms with Crippen molar-refractivity contribution in [1.82, 2.24) is 0 Å². The molecule has 0 aliphatic rings. The van der Waals surface area contributed by atoms with Crippen molar-refractivity contribution in [3.05, 3.63) is 11.3 Å². The lowest BCUT2D eigenvalue weighted by atomic mass is 11.0. The van der Waals surface area contributed by atoms with Crippen LogP contribution in [-0.2, 0) is 4.79 Å². The van der Waals surface area contributed by atoms with Gasteiger partial charge in [-0.2, -0.15) is 0 Å². The molecule has 26 valence electrons. The van der Waals surface area contributed by atoms with Gasteiger partial charge in [-0.25, -0.2) is 4.79 Å². The monoisotopic (exact) mass is 88.0 g/mol. The maximum absolute atomic E-state index is 9.05. The zero-order valence-corrected chi connectivity index (χ0v) is 3.12. The molecule has 0 amide bonds. The quantitative estimate of drug-likeness (QED) is 0.315. The molecule has 0 radical (unpaired) electrons. The topological polar surface area (TPSA) is 17.1 Å². The van der Waals surface area contributed by atoms with Gasteiger partial charge in [0.15, 0.2) is 5.94 Å². The van der Waals surface area contributed by atoms with E-state index in [9.17, 15) is 0 Å². The molecular formula is C3HClO. The highest BCUT2D eigenvalue weighted by atomic mass is 35.5. The van der Waals surface area contributed by atoms with Gasteiger partial charge < -0.3 is 0 Å². The van der Waals surface area contributed by atoms with E-state index < -0.39 is 0 Å². The fourth-order valence-electron chi connectivity index (χ4n) is 0.0223. The van der Waals surface area contributed by atoms with Crippen LogP contribution in [0.5, 0.6) is 0 Å². The van der Waals surface area contributed by atoms with Crippen molar-refractivity contribution in [2.45, 2.75) is 0 Å². The summed E-state index contributed by atoms with van der Waals surface area (Å²) in [6, 6.07) is 0. The van der Waals surface area contributed by atoms with E-state index >= 15 is 0 Å². The van der Waals surface area contributed by atoms with Gasteiger partial charge in [0.25, 0.3) is 0 Å². The lowest BCUT2D eigenvalue weighted by Crippen LogP contribution is -1.27. The van der Waals surface area contributed by atoms with Crippen LogP contribution in [0.15, 0.2) is 11.3 Å². The molecular weight excluding hydrogens is 87.5 g/mol. The van der Waals surface area contributed by atoms with Gasteiger partial charge in [-0.15, -0.1) is 0 Å². The summed E-state index contributed by atoms with van der Waals surface area (Å²) in [7, 11) is 0. The van der Waals surface area contributed by atoms with Crippen molar-refractivity contribution in [3.8, 4) is 0 Å². The molecule has 5 heavy (non-hydrogen) atoms. The second kappa shape index (κ2) is 3.52. The van der Waals surface area contributed by atoms with Crippen molar-refractivity contribution in [3.63, 3.8) is 0 Å². The molecule has 0 aromatic rings. The second-order valence-electron chi connectivity index (χ2n) is 0.356. The molecule has 0 heterocycles. The van der Waals surface area contributed by atoms with E-state index in [1.54, 1.807) is 0 Å². The maximum Gasteiger partial charge on any atom is 0.177 e. The summed E-state index contributed by atoms with van der Waals surface area (Å²) in [6.07, 6.45) is 0. The number of hydrogen-bond donors (Lipinski definition) is 0. The standard InChI is InChI=1S/C3HClO/c4-2-1-3-5/h2H. The maximum atomic E-state index is 9.05. The Bertz CT molecular complexity index is 85.1. The molecule has 0 unspecified atom stereocenters. The van der Waals surface area contributed by atoms with E-state index in [4.69, 9.17) is 16.4 Å². The highest BCUT2D eigenvalue weighted by Crippen LogP contribution is 1.64. The van der Waals surface area contributed by atoms with E-state index in [1.165, 1.54) is 5.94 Å². The molecule has 0 spiro atoms.